The molecule has 0 fully saturated rings. The van der Waals surface area contributed by atoms with Gasteiger partial charge in [0, 0.05) is 12.1 Å². The minimum absolute atomic E-state index is 0.00962. The molecule has 0 aromatic heterocycles. The first kappa shape index (κ1) is 12.1. The van der Waals surface area contributed by atoms with Crippen LogP contribution in [0.5, 0.6) is 0 Å². The molecular weight excluding hydrogens is 212 g/mol. The third kappa shape index (κ3) is 3.03. The minimum Gasteiger partial charge on any atom is -0.468 e. The first-order valence-corrected chi connectivity index (χ1v) is 4.61. The van der Waals surface area contributed by atoms with Crippen LogP contribution in [-0.2, 0) is 16.0 Å². The molecule has 0 aliphatic heterocycles. The van der Waals surface area contributed by atoms with Crippen molar-refractivity contribution in [3.63, 3.8) is 0 Å². The van der Waals surface area contributed by atoms with Gasteiger partial charge in [-0.15, -0.1) is 0 Å². The van der Waals surface area contributed by atoms with E-state index in [0.29, 0.717) is 6.42 Å². The standard InChI is InChI=1S/C10H12N2O4/c1-16-10(13)9(11)6-7-2-4-8(5-3-7)12(14)15/h2-5,9H,6,11H2,1H3. The highest BCUT2D eigenvalue weighted by Gasteiger charge is 2.14. The summed E-state index contributed by atoms with van der Waals surface area (Å²) in [5.41, 5.74) is 6.31. The number of non-ortho nitro benzene ring substituents is 1. The van der Waals surface area contributed by atoms with Gasteiger partial charge in [-0.3, -0.25) is 14.9 Å². The van der Waals surface area contributed by atoms with E-state index in [-0.39, 0.29) is 5.69 Å². The number of benzene rings is 1. The van der Waals surface area contributed by atoms with Crippen LogP contribution in [0.1, 0.15) is 5.56 Å². The van der Waals surface area contributed by atoms with Crippen LogP contribution in [0.3, 0.4) is 0 Å². The fourth-order valence-corrected chi connectivity index (χ4v) is 1.24. The number of methoxy groups -OCH3 is 1. The second-order valence-electron chi connectivity index (χ2n) is 3.26. The van der Waals surface area contributed by atoms with Crippen LogP contribution in [0.25, 0.3) is 0 Å². The first-order chi connectivity index (χ1) is 7.54. The molecule has 0 amide bonds. The van der Waals surface area contributed by atoms with Crippen molar-refractivity contribution in [1.29, 1.82) is 0 Å². The zero-order valence-electron chi connectivity index (χ0n) is 8.75. The van der Waals surface area contributed by atoms with Gasteiger partial charge in [-0.1, -0.05) is 12.1 Å². The topological polar surface area (TPSA) is 95.5 Å². The van der Waals surface area contributed by atoms with Crippen LogP contribution in [0.15, 0.2) is 24.3 Å². The monoisotopic (exact) mass is 224 g/mol. The van der Waals surface area contributed by atoms with Crippen molar-refractivity contribution in [3.8, 4) is 0 Å². The smallest absolute Gasteiger partial charge is 0.322 e. The SMILES string of the molecule is COC(=O)C(N)Cc1ccc([N+](=O)[O-])cc1. The molecule has 1 rings (SSSR count). The number of carbonyl (C=O) groups is 1. The summed E-state index contributed by atoms with van der Waals surface area (Å²) in [4.78, 5) is 20.9. The largest absolute Gasteiger partial charge is 0.468 e. The Morgan fingerprint density at radius 2 is 2.06 bits per heavy atom. The number of hydrogen-bond acceptors (Lipinski definition) is 5. The molecule has 6 nitrogen and oxygen atoms in total. The molecular formula is C10H12N2O4. The normalized spacial score (nSPS) is 11.9. The Kier molecular flexibility index (Phi) is 3.96. The van der Waals surface area contributed by atoms with E-state index in [1.807, 2.05) is 0 Å². The molecule has 1 unspecified atom stereocenters. The Labute approximate surface area is 92.2 Å². The number of rotatable bonds is 4. The molecule has 0 heterocycles. The zero-order chi connectivity index (χ0) is 12.1. The molecule has 6 heteroatoms. The van der Waals surface area contributed by atoms with Crippen LogP contribution in [0, 0.1) is 10.1 Å². The average Bonchev–Trinajstić information content (AvgIpc) is 2.28. The van der Waals surface area contributed by atoms with Gasteiger partial charge in [-0.25, -0.2) is 0 Å². The van der Waals surface area contributed by atoms with Gasteiger partial charge in [0.25, 0.3) is 5.69 Å². The molecule has 1 aromatic rings. The third-order valence-electron chi connectivity index (χ3n) is 2.11. The Hall–Kier alpha value is -1.95. The molecule has 0 aliphatic carbocycles. The number of ether oxygens (including phenoxy) is 1. The van der Waals surface area contributed by atoms with Gasteiger partial charge >= 0.3 is 5.97 Å². The van der Waals surface area contributed by atoms with Crippen LogP contribution >= 0.6 is 0 Å². The molecule has 1 aromatic carbocycles. The summed E-state index contributed by atoms with van der Waals surface area (Å²) in [5.74, 6) is -0.502. The molecule has 2 N–H and O–H groups in total. The van der Waals surface area contributed by atoms with Crippen LogP contribution < -0.4 is 5.73 Å². The van der Waals surface area contributed by atoms with Crippen molar-refractivity contribution >= 4 is 11.7 Å². The van der Waals surface area contributed by atoms with Gasteiger partial charge in [0.15, 0.2) is 0 Å². The van der Waals surface area contributed by atoms with E-state index in [1.165, 1.54) is 19.2 Å². The average molecular weight is 224 g/mol. The zero-order valence-corrected chi connectivity index (χ0v) is 8.75. The highest BCUT2D eigenvalue weighted by atomic mass is 16.6. The summed E-state index contributed by atoms with van der Waals surface area (Å²) >= 11 is 0. The Morgan fingerprint density at radius 1 is 1.50 bits per heavy atom. The van der Waals surface area contributed by atoms with Crippen molar-refractivity contribution in [2.75, 3.05) is 7.11 Å². The molecule has 0 saturated carbocycles. The lowest BCUT2D eigenvalue weighted by Gasteiger charge is -2.08. The fraction of sp³-hybridized carbons (Fsp3) is 0.300. The van der Waals surface area contributed by atoms with Gasteiger partial charge in [0.2, 0.25) is 0 Å². The highest BCUT2D eigenvalue weighted by molar-refractivity contribution is 5.75. The molecule has 0 bridgehead atoms. The van der Waals surface area contributed by atoms with Crippen molar-refractivity contribution < 1.29 is 14.5 Å². The van der Waals surface area contributed by atoms with Crippen molar-refractivity contribution in [2.45, 2.75) is 12.5 Å². The summed E-state index contributed by atoms with van der Waals surface area (Å²) in [6.45, 7) is 0. The molecule has 1 atom stereocenters. The van der Waals surface area contributed by atoms with Gasteiger partial charge in [-0.05, 0) is 12.0 Å². The quantitative estimate of drug-likeness (QED) is 0.460. The number of nitrogens with zero attached hydrogens (tertiary/aromatic N) is 1. The van der Waals surface area contributed by atoms with E-state index >= 15 is 0 Å². The number of nitro benzene ring substituents is 1. The number of nitrogens with two attached hydrogens (primary N) is 1. The molecule has 0 saturated heterocycles. The van der Waals surface area contributed by atoms with Crippen LogP contribution in [0.2, 0.25) is 0 Å². The predicted octanol–water partition coefficient (Wildman–Crippen LogP) is 0.638. The lowest BCUT2D eigenvalue weighted by Crippen LogP contribution is -2.33. The number of carbonyl (C=O) groups excluding carboxylic acids is 1. The fourth-order valence-electron chi connectivity index (χ4n) is 1.24. The van der Waals surface area contributed by atoms with E-state index in [9.17, 15) is 14.9 Å². The molecule has 86 valence electrons. The summed E-state index contributed by atoms with van der Waals surface area (Å²) in [7, 11) is 1.26. The minimum atomic E-state index is -0.744. The highest BCUT2D eigenvalue weighted by Crippen LogP contribution is 2.12. The van der Waals surface area contributed by atoms with Crippen molar-refractivity contribution in [1.82, 2.24) is 0 Å². The molecule has 16 heavy (non-hydrogen) atoms. The van der Waals surface area contributed by atoms with Crippen LogP contribution in [-0.4, -0.2) is 24.0 Å². The maximum Gasteiger partial charge on any atom is 0.322 e. The Balaban J connectivity index is 2.68. The van der Waals surface area contributed by atoms with Gasteiger partial charge in [-0.2, -0.15) is 0 Å². The maximum atomic E-state index is 11.0. The van der Waals surface area contributed by atoms with E-state index in [1.54, 1.807) is 12.1 Å². The van der Waals surface area contributed by atoms with Crippen LogP contribution in [0.4, 0.5) is 5.69 Å². The summed E-state index contributed by atoms with van der Waals surface area (Å²) < 4.78 is 4.47. The Bertz CT molecular complexity index is 388. The summed E-state index contributed by atoms with van der Waals surface area (Å²) in [6, 6.07) is 5.15. The molecule has 0 aliphatic rings. The first-order valence-electron chi connectivity index (χ1n) is 4.61. The van der Waals surface area contributed by atoms with Crippen molar-refractivity contribution in [3.05, 3.63) is 39.9 Å². The van der Waals surface area contributed by atoms with E-state index < -0.39 is 16.9 Å². The summed E-state index contributed by atoms with van der Waals surface area (Å²) in [5, 5.41) is 10.4. The molecule has 0 radical (unpaired) electrons. The van der Waals surface area contributed by atoms with Gasteiger partial charge < -0.3 is 10.5 Å². The van der Waals surface area contributed by atoms with E-state index in [0.717, 1.165) is 5.56 Å². The van der Waals surface area contributed by atoms with Gasteiger partial charge in [0.1, 0.15) is 6.04 Å². The number of esters is 1. The number of hydrogen-bond donors (Lipinski definition) is 1. The lowest BCUT2D eigenvalue weighted by molar-refractivity contribution is -0.384. The lowest BCUT2D eigenvalue weighted by atomic mass is 10.1. The van der Waals surface area contributed by atoms with Gasteiger partial charge in [0.05, 0.1) is 12.0 Å². The third-order valence-corrected chi connectivity index (χ3v) is 2.11. The Morgan fingerprint density at radius 3 is 2.50 bits per heavy atom. The van der Waals surface area contributed by atoms with E-state index in [2.05, 4.69) is 4.74 Å². The molecule has 0 spiro atoms. The number of nitro groups is 1. The predicted molar refractivity (Wildman–Crippen MR) is 56.8 cm³/mol. The maximum absolute atomic E-state index is 11.0. The second kappa shape index (κ2) is 5.22. The van der Waals surface area contributed by atoms with E-state index in [4.69, 9.17) is 5.73 Å². The van der Waals surface area contributed by atoms with Crippen molar-refractivity contribution in [2.24, 2.45) is 5.73 Å². The summed E-state index contributed by atoms with van der Waals surface area (Å²) in [6.07, 6.45) is 0.296. The second-order valence-corrected chi connectivity index (χ2v) is 3.26.